The van der Waals surface area contributed by atoms with Crippen molar-refractivity contribution in [1.82, 2.24) is 0 Å². The van der Waals surface area contributed by atoms with E-state index >= 15 is 0 Å². The molecule has 0 atom stereocenters. The Bertz CT molecular complexity index is 177. The monoisotopic (exact) mass is 186 g/mol. The second-order valence-corrected chi connectivity index (χ2v) is 3.72. The van der Waals surface area contributed by atoms with Crippen molar-refractivity contribution in [2.24, 2.45) is 0 Å². The van der Waals surface area contributed by atoms with E-state index in [2.05, 4.69) is 27.0 Å². The molecule has 1 aliphatic rings. The molecule has 1 fully saturated rings. The third-order valence-electron chi connectivity index (χ3n) is 2.86. The average molecular weight is 186 g/mol. The number of hydrogen-bond acceptors (Lipinski definition) is 2. The van der Waals surface area contributed by atoms with E-state index in [1.165, 1.54) is 0 Å². The molecule has 0 aromatic heterocycles. The van der Waals surface area contributed by atoms with Crippen LogP contribution in [0.3, 0.4) is 0 Å². The fraction of sp³-hybridized carbons (Fsp3) is 0.800. The molecule has 76 valence electrons. The van der Waals surface area contributed by atoms with Crippen LogP contribution in [0.1, 0.15) is 13.8 Å². The van der Waals surface area contributed by atoms with Gasteiger partial charge >= 0.3 is 0 Å². The number of likely N-dealkylation sites (N-methyl/N-ethyl adjacent to an activating group) is 1. The van der Waals surface area contributed by atoms with Gasteiger partial charge in [0.05, 0.1) is 20.1 Å². The van der Waals surface area contributed by atoms with Gasteiger partial charge in [0, 0.05) is 6.08 Å². The number of ether oxygens (including phenoxy) is 2. The van der Waals surface area contributed by atoms with Gasteiger partial charge in [-0.1, -0.05) is 0 Å². The van der Waals surface area contributed by atoms with Gasteiger partial charge in [0.15, 0.2) is 6.79 Å². The van der Waals surface area contributed by atoms with Gasteiger partial charge in [-0.3, -0.25) is 0 Å². The van der Waals surface area contributed by atoms with Crippen LogP contribution in [0.15, 0.2) is 11.8 Å². The second kappa shape index (κ2) is 4.63. The lowest BCUT2D eigenvalue weighted by Crippen LogP contribution is -2.43. The van der Waals surface area contributed by atoms with Gasteiger partial charge in [0.1, 0.15) is 18.9 Å². The van der Waals surface area contributed by atoms with Crippen LogP contribution < -0.4 is 0 Å². The lowest BCUT2D eigenvalue weighted by atomic mass is 10.3. The van der Waals surface area contributed by atoms with Gasteiger partial charge in [-0.25, -0.2) is 0 Å². The first-order valence-electron chi connectivity index (χ1n) is 4.93. The highest BCUT2D eigenvalue weighted by Crippen LogP contribution is 2.09. The second-order valence-electron chi connectivity index (χ2n) is 3.72. The van der Waals surface area contributed by atoms with E-state index in [-0.39, 0.29) is 0 Å². The van der Waals surface area contributed by atoms with E-state index < -0.39 is 0 Å². The first-order chi connectivity index (χ1) is 6.20. The van der Waals surface area contributed by atoms with E-state index in [0.717, 1.165) is 29.9 Å². The standard InChI is InChI=1S/C10H20NO2/c1-4-11(3,5-2)7-6-10-8-12-9-13-10/h6H,4-5,7-9H2,1-3H3/q+1. The molecular formula is C10H20NO2+. The molecule has 0 unspecified atom stereocenters. The topological polar surface area (TPSA) is 18.5 Å². The summed E-state index contributed by atoms with van der Waals surface area (Å²) in [6.45, 7) is 8.84. The summed E-state index contributed by atoms with van der Waals surface area (Å²) < 4.78 is 11.4. The molecule has 1 saturated heterocycles. The average Bonchev–Trinajstić information content (AvgIpc) is 2.67. The van der Waals surface area contributed by atoms with Gasteiger partial charge < -0.3 is 14.0 Å². The predicted octanol–water partition coefficient (Wildman–Crippen LogP) is 1.36. The van der Waals surface area contributed by atoms with Crippen molar-refractivity contribution in [3.8, 4) is 0 Å². The van der Waals surface area contributed by atoms with Crippen LogP contribution in [0.4, 0.5) is 0 Å². The van der Waals surface area contributed by atoms with Crippen LogP contribution in [-0.4, -0.2) is 44.6 Å². The Balaban J connectivity index is 2.42. The van der Waals surface area contributed by atoms with E-state index in [9.17, 15) is 0 Å². The summed E-state index contributed by atoms with van der Waals surface area (Å²) in [5.74, 6) is 0.992. The van der Waals surface area contributed by atoms with E-state index in [1.54, 1.807) is 0 Å². The van der Waals surface area contributed by atoms with Crippen LogP contribution >= 0.6 is 0 Å². The quantitative estimate of drug-likeness (QED) is 0.617. The molecule has 0 amide bonds. The maximum Gasteiger partial charge on any atom is 0.189 e. The highest BCUT2D eigenvalue weighted by molar-refractivity contribution is 4.95. The molecule has 1 rings (SSSR count). The Morgan fingerprint density at radius 3 is 2.54 bits per heavy atom. The maximum atomic E-state index is 5.27. The smallest absolute Gasteiger partial charge is 0.189 e. The summed E-state index contributed by atoms with van der Waals surface area (Å²) in [7, 11) is 2.26. The van der Waals surface area contributed by atoms with E-state index in [4.69, 9.17) is 9.47 Å². The Morgan fingerprint density at radius 2 is 2.08 bits per heavy atom. The van der Waals surface area contributed by atoms with Gasteiger partial charge in [0.25, 0.3) is 0 Å². The number of quaternary nitrogens is 1. The Hall–Kier alpha value is -0.540. The molecule has 0 aromatic rings. The summed E-state index contributed by atoms with van der Waals surface area (Å²) in [5.41, 5.74) is 0. The zero-order chi connectivity index (χ0) is 9.73. The molecule has 0 bridgehead atoms. The summed E-state index contributed by atoms with van der Waals surface area (Å²) in [6, 6.07) is 0. The van der Waals surface area contributed by atoms with Crippen molar-refractivity contribution in [1.29, 1.82) is 0 Å². The molecule has 3 heteroatoms. The lowest BCUT2D eigenvalue weighted by Gasteiger charge is -2.30. The van der Waals surface area contributed by atoms with E-state index in [0.29, 0.717) is 13.4 Å². The predicted molar refractivity (Wildman–Crippen MR) is 52.1 cm³/mol. The third-order valence-corrected chi connectivity index (χ3v) is 2.86. The largest absolute Gasteiger partial charge is 0.470 e. The number of nitrogens with zero attached hydrogens (tertiary/aromatic N) is 1. The highest BCUT2D eigenvalue weighted by atomic mass is 16.7. The molecule has 1 aliphatic heterocycles. The summed E-state index contributed by atoms with van der Waals surface area (Å²) >= 11 is 0. The molecule has 13 heavy (non-hydrogen) atoms. The SMILES string of the molecule is CC[N+](C)(CC)CC=C1COCO1. The minimum atomic E-state index is 0.424. The van der Waals surface area contributed by atoms with Gasteiger partial charge in [0.2, 0.25) is 0 Å². The number of rotatable bonds is 4. The molecule has 0 aromatic carbocycles. The zero-order valence-corrected chi connectivity index (χ0v) is 8.88. The van der Waals surface area contributed by atoms with Crippen LogP contribution in [0.5, 0.6) is 0 Å². The molecule has 0 radical (unpaired) electrons. The first-order valence-corrected chi connectivity index (χ1v) is 4.93. The Morgan fingerprint density at radius 1 is 1.38 bits per heavy atom. The molecule has 1 heterocycles. The molecule has 0 spiro atoms. The Kier molecular flexibility index (Phi) is 3.75. The van der Waals surface area contributed by atoms with Gasteiger partial charge in [-0.2, -0.15) is 0 Å². The summed E-state index contributed by atoms with van der Waals surface area (Å²) in [5, 5.41) is 0. The lowest BCUT2D eigenvalue weighted by molar-refractivity contribution is -0.900. The fourth-order valence-corrected chi connectivity index (χ4v) is 1.22. The van der Waals surface area contributed by atoms with E-state index in [1.807, 2.05) is 0 Å². The van der Waals surface area contributed by atoms with Crippen molar-refractivity contribution in [2.45, 2.75) is 13.8 Å². The third kappa shape index (κ3) is 3.01. The van der Waals surface area contributed by atoms with Gasteiger partial charge in [-0.15, -0.1) is 0 Å². The van der Waals surface area contributed by atoms with Crippen LogP contribution in [0.25, 0.3) is 0 Å². The minimum Gasteiger partial charge on any atom is -0.470 e. The molecular weight excluding hydrogens is 166 g/mol. The van der Waals surface area contributed by atoms with Crippen molar-refractivity contribution < 1.29 is 14.0 Å². The van der Waals surface area contributed by atoms with Gasteiger partial charge in [-0.05, 0) is 13.8 Å². The maximum absolute atomic E-state index is 5.27. The molecule has 3 nitrogen and oxygen atoms in total. The van der Waals surface area contributed by atoms with Crippen LogP contribution in [-0.2, 0) is 9.47 Å². The van der Waals surface area contributed by atoms with Crippen LogP contribution in [0.2, 0.25) is 0 Å². The van der Waals surface area contributed by atoms with Crippen molar-refractivity contribution in [3.63, 3.8) is 0 Å². The normalized spacial score (nSPS) is 20.7. The molecule has 0 aliphatic carbocycles. The van der Waals surface area contributed by atoms with Crippen molar-refractivity contribution in [3.05, 3.63) is 11.8 Å². The summed E-state index contributed by atoms with van der Waals surface area (Å²) in [4.78, 5) is 0. The first kappa shape index (κ1) is 10.5. The zero-order valence-electron chi connectivity index (χ0n) is 8.88. The minimum absolute atomic E-state index is 0.424. The Labute approximate surface area is 80.5 Å². The molecule has 0 saturated carbocycles. The van der Waals surface area contributed by atoms with Crippen molar-refractivity contribution in [2.75, 3.05) is 40.1 Å². The highest BCUT2D eigenvalue weighted by Gasteiger charge is 2.16. The van der Waals surface area contributed by atoms with Crippen LogP contribution in [0, 0.1) is 0 Å². The molecule has 0 N–H and O–H groups in total. The fourth-order valence-electron chi connectivity index (χ4n) is 1.22. The summed E-state index contributed by atoms with van der Waals surface area (Å²) in [6.07, 6.45) is 2.15. The number of hydrogen-bond donors (Lipinski definition) is 0. The van der Waals surface area contributed by atoms with Crippen molar-refractivity contribution >= 4 is 0 Å².